The number of carbonyl (C=O) groups is 2. The molecular formula is C17H16O4. The standard InChI is InChI=1S/C17H16O4/c1-12(11-13-5-3-2-4-6-13)14-7-9-17(10-8-14,15(18)19)16(20)21/h2-9,11H,10H2,1H3,(H,18,19)(H,20,21). The van der Waals surface area contributed by atoms with Gasteiger partial charge in [0.1, 0.15) is 0 Å². The number of aliphatic carboxylic acids is 2. The second-order valence-corrected chi connectivity index (χ2v) is 5.02. The number of benzene rings is 1. The average molecular weight is 284 g/mol. The van der Waals surface area contributed by atoms with E-state index < -0.39 is 17.4 Å². The molecule has 0 unspecified atom stereocenters. The second-order valence-electron chi connectivity index (χ2n) is 5.02. The summed E-state index contributed by atoms with van der Waals surface area (Å²) in [6.45, 7) is 1.91. The van der Waals surface area contributed by atoms with E-state index in [4.69, 9.17) is 10.2 Å². The number of carboxylic acids is 2. The van der Waals surface area contributed by atoms with Gasteiger partial charge in [0.15, 0.2) is 5.41 Å². The first kappa shape index (κ1) is 14.8. The van der Waals surface area contributed by atoms with Crippen molar-refractivity contribution in [2.24, 2.45) is 5.41 Å². The van der Waals surface area contributed by atoms with Gasteiger partial charge in [0, 0.05) is 0 Å². The molecule has 1 aromatic rings. The van der Waals surface area contributed by atoms with Gasteiger partial charge in [-0.15, -0.1) is 0 Å². The highest BCUT2D eigenvalue weighted by molar-refractivity contribution is 6.01. The molecule has 108 valence electrons. The molecule has 0 fully saturated rings. The molecule has 0 aromatic heterocycles. The number of rotatable bonds is 4. The molecule has 4 heteroatoms. The molecule has 1 aromatic carbocycles. The van der Waals surface area contributed by atoms with E-state index in [0.29, 0.717) is 0 Å². The van der Waals surface area contributed by atoms with Gasteiger partial charge in [-0.1, -0.05) is 54.6 Å². The van der Waals surface area contributed by atoms with Crippen molar-refractivity contribution in [3.8, 4) is 0 Å². The van der Waals surface area contributed by atoms with Crippen molar-refractivity contribution in [1.82, 2.24) is 0 Å². The van der Waals surface area contributed by atoms with Crippen LogP contribution in [0.2, 0.25) is 0 Å². The quantitative estimate of drug-likeness (QED) is 0.833. The fraction of sp³-hybridized carbons (Fsp3) is 0.176. The molecule has 2 rings (SSSR count). The van der Waals surface area contributed by atoms with E-state index in [1.54, 1.807) is 12.2 Å². The normalized spacial score (nSPS) is 17.2. The molecule has 0 spiro atoms. The SMILES string of the molecule is CC(=Cc1ccccc1)C1=CCC(C(=O)O)(C(=O)O)C=C1. The van der Waals surface area contributed by atoms with E-state index in [9.17, 15) is 9.59 Å². The summed E-state index contributed by atoms with van der Waals surface area (Å²) >= 11 is 0. The lowest BCUT2D eigenvalue weighted by atomic mass is 9.79. The molecule has 0 aliphatic heterocycles. The van der Waals surface area contributed by atoms with Gasteiger partial charge in [0.2, 0.25) is 0 Å². The third-order valence-electron chi connectivity index (χ3n) is 3.59. The van der Waals surface area contributed by atoms with Crippen LogP contribution in [0.25, 0.3) is 6.08 Å². The van der Waals surface area contributed by atoms with Crippen molar-refractivity contribution < 1.29 is 19.8 Å². The van der Waals surface area contributed by atoms with Crippen molar-refractivity contribution in [2.75, 3.05) is 0 Å². The van der Waals surface area contributed by atoms with E-state index in [2.05, 4.69) is 0 Å². The first-order valence-electron chi connectivity index (χ1n) is 6.55. The zero-order valence-corrected chi connectivity index (χ0v) is 11.6. The summed E-state index contributed by atoms with van der Waals surface area (Å²) in [5.74, 6) is -2.68. The Hall–Kier alpha value is -2.62. The van der Waals surface area contributed by atoms with Gasteiger partial charge in [-0.2, -0.15) is 0 Å². The minimum Gasteiger partial charge on any atom is -0.480 e. The van der Waals surface area contributed by atoms with Gasteiger partial charge < -0.3 is 10.2 Å². The highest BCUT2D eigenvalue weighted by Gasteiger charge is 2.44. The summed E-state index contributed by atoms with van der Waals surface area (Å²) in [7, 11) is 0. The van der Waals surface area contributed by atoms with Gasteiger partial charge in [-0.05, 0) is 30.1 Å². The van der Waals surface area contributed by atoms with Gasteiger partial charge >= 0.3 is 11.9 Å². The van der Waals surface area contributed by atoms with Crippen molar-refractivity contribution in [3.63, 3.8) is 0 Å². The first-order valence-corrected chi connectivity index (χ1v) is 6.55. The summed E-state index contributed by atoms with van der Waals surface area (Å²) < 4.78 is 0. The van der Waals surface area contributed by atoms with Gasteiger partial charge in [-0.3, -0.25) is 9.59 Å². The van der Waals surface area contributed by atoms with Crippen LogP contribution in [0, 0.1) is 5.41 Å². The fourth-order valence-corrected chi connectivity index (χ4v) is 2.22. The smallest absolute Gasteiger partial charge is 0.325 e. The Morgan fingerprint density at radius 3 is 2.24 bits per heavy atom. The first-order chi connectivity index (χ1) is 9.95. The van der Waals surface area contributed by atoms with E-state index in [1.807, 2.05) is 43.3 Å². The molecule has 0 heterocycles. The summed E-state index contributed by atoms with van der Waals surface area (Å²) in [5.41, 5.74) is 0.993. The van der Waals surface area contributed by atoms with Crippen LogP contribution in [0.15, 0.2) is 59.7 Å². The molecule has 0 atom stereocenters. The third-order valence-corrected chi connectivity index (χ3v) is 3.59. The molecule has 4 nitrogen and oxygen atoms in total. The van der Waals surface area contributed by atoms with Crippen molar-refractivity contribution in [3.05, 3.63) is 65.3 Å². The Kier molecular flexibility index (Phi) is 4.08. The van der Waals surface area contributed by atoms with Crippen LogP contribution in [-0.4, -0.2) is 22.2 Å². The number of hydrogen-bond acceptors (Lipinski definition) is 2. The predicted molar refractivity (Wildman–Crippen MR) is 79.6 cm³/mol. The van der Waals surface area contributed by atoms with Crippen LogP contribution in [-0.2, 0) is 9.59 Å². The Bertz CT molecular complexity index is 637. The maximum atomic E-state index is 11.2. The highest BCUT2D eigenvalue weighted by atomic mass is 16.4. The summed E-state index contributed by atoms with van der Waals surface area (Å²) in [6.07, 6.45) is 6.42. The predicted octanol–water partition coefficient (Wildman–Crippen LogP) is 3.13. The molecule has 0 radical (unpaired) electrons. The Labute approximate surface area is 122 Å². The third kappa shape index (κ3) is 2.94. The Balaban J connectivity index is 2.25. The Morgan fingerprint density at radius 2 is 1.76 bits per heavy atom. The van der Waals surface area contributed by atoms with E-state index in [-0.39, 0.29) is 6.42 Å². The zero-order valence-electron chi connectivity index (χ0n) is 11.6. The molecule has 0 saturated carbocycles. The summed E-state index contributed by atoms with van der Waals surface area (Å²) in [4.78, 5) is 22.4. The molecule has 21 heavy (non-hydrogen) atoms. The minimum absolute atomic E-state index is 0.0521. The molecule has 2 N–H and O–H groups in total. The lowest BCUT2D eigenvalue weighted by molar-refractivity contribution is -0.160. The van der Waals surface area contributed by atoms with Crippen LogP contribution in [0.4, 0.5) is 0 Å². The average Bonchev–Trinajstić information content (AvgIpc) is 2.48. The van der Waals surface area contributed by atoms with Crippen LogP contribution in [0.3, 0.4) is 0 Å². The zero-order chi connectivity index (χ0) is 15.5. The maximum absolute atomic E-state index is 11.2. The number of hydrogen-bond donors (Lipinski definition) is 2. The monoisotopic (exact) mass is 284 g/mol. The van der Waals surface area contributed by atoms with Crippen LogP contribution < -0.4 is 0 Å². The number of allylic oxidation sites excluding steroid dienone is 4. The fourth-order valence-electron chi connectivity index (χ4n) is 2.22. The second kappa shape index (κ2) is 5.79. The molecule has 0 bridgehead atoms. The molecule has 0 saturated heterocycles. The van der Waals surface area contributed by atoms with E-state index in [0.717, 1.165) is 16.7 Å². The summed E-state index contributed by atoms with van der Waals surface area (Å²) in [5, 5.41) is 18.3. The van der Waals surface area contributed by atoms with Crippen LogP contribution >= 0.6 is 0 Å². The largest absolute Gasteiger partial charge is 0.480 e. The van der Waals surface area contributed by atoms with Crippen molar-refractivity contribution >= 4 is 18.0 Å². The maximum Gasteiger partial charge on any atom is 0.325 e. The molecular weight excluding hydrogens is 268 g/mol. The molecule has 0 amide bonds. The lowest BCUT2D eigenvalue weighted by Gasteiger charge is -2.23. The molecule has 1 aliphatic carbocycles. The van der Waals surface area contributed by atoms with Crippen molar-refractivity contribution in [2.45, 2.75) is 13.3 Å². The van der Waals surface area contributed by atoms with Gasteiger partial charge in [0.05, 0.1) is 0 Å². The summed E-state index contributed by atoms with van der Waals surface area (Å²) in [6, 6.07) is 9.74. The topological polar surface area (TPSA) is 74.6 Å². The number of carboxylic acid groups (broad SMARTS) is 2. The molecule has 1 aliphatic rings. The van der Waals surface area contributed by atoms with Crippen molar-refractivity contribution in [1.29, 1.82) is 0 Å². The van der Waals surface area contributed by atoms with E-state index >= 15 is 0 Å². The van der Waals surface area contributed by atoms with Gasteiger partial charge in [0.25, 0.3) is 0 Å². The van der Waals surface area contributed by atoms with Gasteiger partial charge in [-0.25, -0.2) is 0 Å². The minimum atomic E-state index is -1.85. The lowest BCUT2D eigenvalue weighted by Crippen LogP contribution is -2.38. The Morgan fingerprint density at radius 1 is 1.14 bits per heavy atom. The van der Waals surface area contributed by atoms with Crippen LogP contribution in [0.5, 0.6) is 0 Å². The van der Waals surface area contributed by atoms with Crippen LogP contribution in [0.1, 0.15) is 18.9 Å². The van der Waals surface area contributed by atoms with E-state index in [1.165, 1.54) is 6.08 Å². The highest BCUT2D eigenvalue weighted by Crippen LogP contribution is 2.33.